The number of benzene rings is 1. The van der Waals surface area contributed by atoms with Crippen molar-refractivity contribution in [3.8, 4) is 5.75 Å². The molecule has 1 fully saturated rings. The lowest BCUT2D eigenvalue weighted by molar-refractivity contribution is 0.0696. The molecule has 0 atom stereocenters. The van der Waals surface area contributed by atoms with E-state index < -0.39 is 5.97 Å². The van der Waals surface area contributed by atoms with E-state index in [0.717, 1.165) is 56.0 Å². The fraction of sp³-hybridized carbons (Fsp3) is 0.522. The molecule has 1 aliphatic rings. The Morgan fingerprint density at radius 3 is 2.52 bits per heavy atom. The summed E-state index contributed by atoms with van der Waals surface area (Å²) in [7, 11) is 0. The van der Waals surface area contributed by atoms with Gasteiger partial charge < -0.3 is 14.7 Å². The van der Waals surface area contributed by atoms with E-state index in [1.54, 1.807) is 25.1 Å². The lowest BCUT2D eigenvalue weighted by atomic mass is 9.92. The largest absolute Gasteiger partial charge is 0.494 e. The lowest BCUT2D eigenvalue weighted by Gasteiger charge is -2.32. The number of ether oxygens (including phenoxy) is 1. The van der Waals surface area contributed by atoms with Crippen molar-refractivity contribution in [2.24, 2.45) is 5.92 Å². The average Bonchev–Trinajstić information content (AvgIpc) is 2.71. The van der Waals surface area contributed by atoms with Gasteiger partial charge in [-0.2, -0.15) is 0 Å². The summed E-state index contributed by atoms with van der Waals surface area (Å²) in [5, 5.41) is 9.09. The first-order valence-corrected chi connectivity index (χ1v) is 10.5. The summed E-state index contributed by atoms with van der Waals surface area (Å²) >= 11 is 0. The summed E-state index contributed by atoms with van der Waals surface area (Å²) in [4.78, 5) is 22.4. The molecule has 0 spiro atoms. The maximum Gasteiger partial charge on any atom is 0.335 e. The molecule has 156 valence electrons. The van der Waals surface area contributed by atoms with Gasteiger partial charge in [0.1, 0.15) is 5.75 Å². The third kappa shape index (κ3) is 5.68. The highest BCUT2D eigenvalue weighted by molar-refractivity contribution is 5.89. The second kappa shape index (κ2) is 9.72. The fourth-order valence-electron chi connectivity index (χ4n) is 3.74. The van der Waals surface area contributed by atoms with E-state index in [1.165, 1.54) is 5.56 Å². The molecule has 6 nitrogen and oxygen atoms in total. The van der Waals surface area contributed by atoms with Gasteiger partial charge in [-0.1, -0.05) is 13.8 Å². The van der Waals surface area contributed by atoms with Gasteiger partial charge in [0.05, 0.1) is 12.2 Å². The van der Waals surface area contributed by atoms with Crippen molar-refractivity contribution in [3.63, 3.8) is 0 Å². The Morgan fingerprint density at radius 1 is 1.24 bits per heavy atom. The van der Waals surface area contributed by atoms with Crippen molar-refractivity contribution in [3.05, 3.63) is 47.3 Å². The van der Waals surface area contributed by atoms with Crippen LogP contribution in [0.5, 0.6) is 5.75 Å². The van der Waals surface area contributed by atoms with Crippen molar-refractivity contribution >= 4 is 11.9 Å². The predicted molar refractivity (Wildman–Crippen MR) is 114 cm³/mol. The molecular formula is C23H31N3O3. The van der Waals surface area contributed by atoms with Crippen LogP contribution in [0.15, 0.2) is 30.6 Å². The Bertz CT molecular complexity index is 813. The third-order valence-corrected chi connectivity index (χ3v) is 5.68. The number of piperidine rings is 1. The molecule has 0 radical (unpaired) electrons. The van der Waals surface area contributed by atoms with Crippen LogP contribution in [-0.4, -0.2) is 40.7 Å². The van der Waals surface area contributed by atoms with E-state index in [1.807, 2.05) is 12.4 Å². The van der Waals surface area contributed by atoms with Gasteiger partial charge in [-0.3, -0.25) is 0 Å². The first-order valence-electron chi connectivity index (χ1n) is 10.5. The van der Waals surface area contributed by atoms with E-state index >= 15 is 0 Å². The zero-order chi connectivity index (χ0) is 20.8. The van der Waals surface area contributed by atoms with Crippen LogP contribution in [0.3, 0.4) is 0 Å². The van der Waals surface area contributed by atoms with E-state index in [9.17, 15) is 4.79 Å². The normalized spacial score (nSPS) is 15.0. The number of aryl methyl sites for hydroxylation is 1. The van der Waals surface area contributed by atoms with Crippen molar-refractivity contribution in [2.75, 3.05) is 24.6 Å². The number of rotatable bonds is 8. The standard InChI is InChI=1S/C23H31N3O3/c1-16(2)19-14-24-23(25-15-19)26-10-8-18(9-11-26)5-4-12-29-20-6-7-21(22(27)28)17(3)13-20/h6-7,13-16,18H,4-5,8-12H2,1-3H3,(H,27,28). The van der Waals surface area contributed by atoms with Gasteiger partial charge in [-0.25, -0.2) is 14.8 Å². The highest BCUT2D eigenvalue weighted by Gasteiger charge is 2.20. The number of aromatic nitrogens is 2. The maximum atomic E-state index is 11.1. The molecule has 0 unspecified atom stereocenters. The predicted octanol–water partition coefficient (Wildman–Crippen LogP) is 4.68. The minimum absolute atomic E-state index is 0.326. The van der Waals surface area contributed by atoms with Gasteiger partial charge in [-0.05, 0) is 73.8 Å². The Morgan fingerprint density at radius 2 is 1.93 bits per heavy atom. The van der Waals surface area contributed by atoms with Crippen LogP contribution < -0.4 is 9.64 Å². The van der Waals surface area contributed by atoms with E-state index in [-0.39, 0.29) is 0 Å². The van der Waals surface area contributed by atoms with Crippen LogP contribution in [0.2, 0.25) is 0 Å². The summed E-state index contributed by atoms with van der Waals surface area (Å²) in [6.45, 7) is 8.76. The summed E-state index contributed by atoms with van der Waals surface area (Å²) in [6.07, 6.45) is 8.35. The van der Waals surface area contributed by atoms with Gasteiger partial charge in [0.15, 0.2) is 0 Å². The molecule has 2 heterocycles. The molecule has 1 aromatic carbocycles. The number of carboxylic acid groups (broad SMARTS) is 1. The number of anilines is 1. The van der Waals surface area contributed by atoms with E-state index in [0.29, 0.717) is 24.0 Å². The highest BCUT2D eigenvalue weighted by atomic mass is 16.5. The van der Waals surface area contributed by atoms with Crippen LogP contribution in [-0.2, 0) is 0 Å². The summed E-state index contributed by atoms with van der Waals surface area (Å²) < 4.78 is 5.81. The number of carbonyl (C=O) groups is 1. The topological polar surface area (TPSA) is 75.5 Å². The van der Waals surface area contributed by atoms with E-state index in [2.05, 4.69) is 28.7 Å². The van der Waals surface area contributed by atoms with Crippen LogP contribution in [0.4, 0.5) is 5.95 Å². The smallest absolute Gasteiger partial charge is 0.335 e. The number of carboxylic acids is 1. The van der Waals surface area contributed by atoms with Crippen molar-refractivity contribution in [1.82, 2.24) is 9.97 Å². The lowest BCUT2D eigenvalue weighted by Crippen LogP contribution is -2.35. The Labute approximate surface area is 172 Å². The van der Waals surface area contributed by atoms with Crippen molar-refractivity contribution in [1.29, 1.82) is 0 Å². The molecule has 2 aromatic rings. The Kier molecular flexibility index (Phi) is 7.07. The first-order chi connectivity index (χ1) is 13.9. The minimum atomic E-state index is -0.901. The molecular weight excluding hydrogens is 366 g/mol. The van der Waals surface area contributed by atoms with Gasteiger partial charge in [0.2, 0.25) is 5.95 Å². The van der Waals surface area contributed by atoms with Crippen LogP contribution in [0, 0.1) is 12.8 Å². The Balaban J connectivity index is 1.38. The van der Waals surface area contributed by atoms with Crippen LogP contribution in [0.25, 0.3) is 0 Å². The highest BCUT2D eigenvalue weighted by Crippen LogP contribution is 2.25. The monoisotopic (exact) mass is 397 g/mol. The summed E-state index contributed by atoms with van der Waals surface area (Å²) in [5.41, 5.74) is 2.23. The van der Waals surface area contributed by atoms with Crippen molar-refractivity contribution in [2.45, 2.75) is 52.4 Å². The second-order valence-corrected chi connectivity index (χ2v) is 8.17. The molecule has 1 aliphatic heterocycles. The number of aromatic carboxylic acids is 1. The van der Waals surface area contributed by atoms with E-state index in [4.69, 9.17) is 9.84 Å². The van der Waals surface area contributed by atoms with Crippen LogP contribution in [0.1, 0.15) is 66.9 Å². The SMILES string of the molecule is Cc1cc(OCCCC2CCN(c3ncc(C(C)C)cn3)CC2)ccc1C(=O)O. The molecule has 0 amide bonds. The molecule has 6 heteroatoms. The van der Waals surface area contributed by atoms with Gasteiger partial charge in [0.25, 0.3) is 0 Å². The number of hydrogen-bond acceptors (Lipinski definition) is 5. The van der Waals surface area contributed by atoms with Crippen LogP contribution >= 0.6 is 0 Å². The molecule has 1 aromatic heterocycles. The van der Waals surface area contributed by atoms with Gasteiger partial charge >= 0.3 is 5.97 Å². The molecule has 1 N–H and O–H groups in total. The summed E-state index contributed by atoms with van der Waals surface area (Å²) in [6, 6.07) is 5.14. The zero-order valence-electron chi connectivity index (χ0n) is 17.6. The van der Waals surface area contributed by atoms with Crippen molar-refractivity contribution < 1.29 is 14.6 Å². The third-order valence-electron chi connectivity index (χ3n) is 5.68. The molecule has 3 rings (SSSR count). The zero-order valence-corrected chi connectivity index (χ0v) is 17.6. The molecule has 0 bridgehead atoms. The molecule has 0 saturated carbocycles. The molecule has 29 heavy (non-hydrogen) atoms. The summed E-state index contributed by atoms with van der Waals surface area (Å²) in [5.74, 6) is 1.85. The van der Waals surface area contributed by atoms with Gasteiger partial charge in [0, 0.05) is 25.5 Å². The molecule has 0 aliphatic carbocycles. The minimum Gasteiger partial charge on any atom is -0.494 e. The number of hydrogen-bond donors (Lipinski definition) is 1. The number of nitrogens with zero attached hydrogens (tertiary/aromatic N) is 3. The maximum absolute atomic E-state index is 11.1. The Hall–Kier alpha value is -2.63. The average molecular weight is 398 g/mol. The van der Waals surface area contributed by atoms with Gasteiger partial charge in [-0.15, -0.1) is 0 Å². The quantitative estimate of drug-likeness (QED) is 0.652. The first kappa shape index (κ1) is 21.1. The second-order valence-electron chi connectivity index (χ2n) is 8.17. The fourth-order valence-corrected chi connectivity index (χ4v) is 3.74. The molecule has 1 saturated heterocycles.